The summed E-state index contributed by atoms with van der Waals surface area (Å²) >= 11 is 2.28. The molecule has 0 amide bonds. The number of methoxy groups -OCH3 is 1. The fraction of sp³-hybridized carbons (Fsp3) is 0.611. The Balaban J connectivity index is 2.88. The predicted octanol–water partition coefficient (Wildman–Crippen LogP) is 4.14. The average molecular weight is 417 g/mol. The van der Waals surface area contributed by atoms with Crippen LogP contribution in [-0.4, -0.2) is 26.7 Å². The van der Waals surface area contributed by atoms with Gasteiger partial charge in [0, 0.05) is 3.57 Å². The number of hydrogen-bond donors (Lipinski definition) is 1. The Kier molecular flexibility index (Phi) is 7.32. The first-order chi connectivity index (χ1) is 10.2. The molecule has 0 bridgehead atoms. The van der Waals surface area contributed by atoms with Gasteiger partial charge in [-0.1, -0.05) is 32.4 Å². The molecule has 1 rings (SSSR count). The van der Waals surface area contributed by atoms with E-state index in [1.165, 1.54) is 7.11 Å². The van der Waals surface area contributed by atoms with Gasteiger partial charge in [0.1, 0.15) is 0 Å². The topological polar surface area (TPSA) is 38.3 Å². The Bertz CT molecular complexity index is 502. The third-order valence-corrected chi connectivity index (χ3v) is 4.95. The number of halogens is 1. The molecule has 0 saturated heterocycles. The van der Waals surface area contributed by atoms with Crippen LogP contribution in [0.15, 0.2) is 24.3 Å². The second-order valence-corrected chi connectivity index (χ2v) is 8.13. The molecule has 0 spiro atoms. The van der Waals surface area contributed by atoms with Crippen LogP contribution in [0.3, 0.4) is 0 Å². The lowest BCUT2D eigenvalue weighted by Gasteiger charge is -2.30. The number of carbonyl (C=O) groups excluding carboxylic acids is 1. The molecular weight excluding hydrogens is 389 g/mol. The van der Waals surface area contributed by atoms with Gasteiger partial charge in [-0.25, -0.2) is 0 Å². The molecule has 0 aliphatic carbocycles. The van der Waals surface area contributed by atoms with Crippen LogP contribution in [0.1, 0.15) is 45.6 Å². The van der Waals surface area contributed by atoms with E-state index in [-0.39, 0.29) is 11.4 Å². The van der Waals surface area contributed by atoms with Crippen molar-refractivity contribution in [1.82, 2.24) is 5.32 Å². The zero-order chi connectivity index (χ0) is 16.8. The van der Waals surface area contributed by atoms with Gasteiger partial charge in [-0.05, 0) is 79.1 Å². The summed E-state index contributed by atoms with van der Waals surface area (Å²) < 4.78 is 6.23. The van der Waals surface area contributed by atoms with Crippen molar-refractivity contribution in [1.29, 1.82) is 0 Å². The predicted molar refractivity (Wildman–Crippen MR) is 100 cm³/mol. The van der Waals surface area contributed by atoms with Crippen LogP contribution in [0.4, 0.5) is 0 Å². The lowest BCUT2D eigenvalue weighted by molar-refractivity contribution is -0.147. The quantitative estimate of drug-likeness (QED) is 0.511. The van der Waals surface area contributed by atoms with Crippen molar-refractivity contribution in [2.24, 2.45) is 5.41 Å². The van der Waals surface area contributed by atoms with Crippen LogP contribution in [0.2, 0.25) is 0 Å². The Morgan fingerprint density at radius 1 is 1.27 bits per heavy atom. The smallest absolute Gasteiger partial charge is 0.315 e. The van der Waals surface area contributed by atoms with Gasteiger partial charge in [0.05, 0.1) is 12.5 Å². The molecule has 1 aromatic rings. The molecule has 1 atom stereocenters. The number of benzene rings is 1. The summed E-state index contributed by atoms with van der Waals surface area (Å²) in [5.74, 6) is -0.152. The standard InChI is InChI=1S/C18H28INO2/c1-17(2,13-20-4)10-7-11-18(3,16(21)22-5)14-8-6-9-15(19)12-14/h6,8-9,12,20H,7,10-11,13H2,1-5H3. The van der Waals surface area contributed by atoms with Crippen LogP contribution in [0.25, 0.3) is 0 Å². The summed E-state index contributed by atoms with van der Waals surface area (Å²) in [5.41, 5.74) is 0.695. The number of rotatable bonds is 8. The second kappa shape index (κ2) is 8.29. The first-order valence-corrected chi connectivity index (χ1v) is 8.82. The zero-order valence-electron chi connectivity index (χ0n) is 14.3. The van der Waals surface area contributed by atoms with Gasteiger partial charge in [-0.2, -0.15) is 0 Å². The van der Waals surface area contributed by atoms with Gasteiger partial charge in [0.15, 0.2) is 0 Å². The van der Waals surface area contributed by atoms with Crippen molar-refractivity contribution >= 4 is 28.6 Å². The summed E-state index contributed by atoms with van der Waals surface area (Å²) in [6.45, 7) is 7.48. The van der Waals surface area contributed by atoms with Crippen molar-refractivity contribution in [3.05, 3.63) is 33.4 Å². The minimum Gasteiger partial charge on any atom is -0.468 e. The molecule has 0 saturated carbocycles. The molecule has 0 fully saturated rings. The molecule has 0 aliphatic heterocycles. The van der Waals surface area contributed by atoms with E-state index in [0.717, 1.165) is 34.9 Å². The maximum Gasteiger partial charge on any atom is 0.315 e. The van der Waals surface area contributed by atoms with E-state index in [2.05, 4.69) is 47.8 Å². The molecule has 1 unspecified atom stereocenters. The Labute approximate surface area is 148 Å². The van der Waals surface area contributed by atoms with Crippen molar-refractivity contribution in [3.63, 3.8) is 0 Å². The van der Waals surface area contributed by atoms with Crippen LogP contribution in [0.5, 0.6) is 0 Å². The van der Waals surface area contributed by atoms with E-state index in [1.807, 2.05) is 32.2 Å². The van der Waals surface area contributed by atoms with Crippen molar-refractivity contribution in [2.75, 3.05) is 20.7 Å². The summed E-state index contributed by atoms with van der Waals surface area (Å²) in [6, 6.07) is 8.15. The fourth-order valence-corrected chi connectivity index (χ4v) is 3.45. The molecule has 0 heterocycles. The van der Waals surface area contributed by atoms with E-state index < -0.39 is 5.41 Å². The Morgan fingerprint density at radius 3 is 2.50 bits per heavy atom. The Morgan fingerprint density at radius 2 is 1.95 bits per heavy atom. The number of carbonyl (C=O) groups is 1. The van der Waals surface area contributed by atoms with Crippen LogP contribution in [-0.2, 0) is 14.9 Å². The highest BCUT2D eigenvalue weighted by Crippen LogP contribution is 2.34. The number of ether oxygens (including phenoxy) is 1. The molecule has 1 N–H and O–H groups in total. The van der Waals surface area contributed by atoms with Crippen molar-refractivity contribution < 1.29 is 9.53 Å². The third kappa shape index (κ3) is 5.23. The highest BCUT2D eigenvalue weighted by molar-refractivity contribution is 14.1. The third-order valence-electron chi connectivity index (χ3n) is 4.28. The summed E-state index contributed by atoms with van der Waals surface area (Å²) in [5, 5.41) is 3.24. The molecule has 3 nitrogen and oxygen atoms in total. The SMILES string of the molecule is CNCC(C)(C)CCCC(C)(C(=O)OC)c1cccc(I)c1. The average Bonchev–Trinajstić information content (AvgIpc) is 2.45. The maximum absolute atomic E-state index is 12.4. The first kappa shape index (κ1) is 19.4. The minimum atomic E-state index is -0.578. The number of nitrogens with one attached hydrogen (secondary N) is 1. The molecular formula is C18H28INO2. The minimum absolute atomic E-state index is 0.152. The van der Waals surface area contributed by atoms with Crippen LogP contribution < -0.4 is 5.32 Å². The summed E-state index contributed by atoms with van der Waals surface area (Å²) in [4.78, 5) is 12.4. The molecule has 22 heavy (non-hydrogen) atoms. The summed E-state index contributed by atoms with van der Waals surface area (Å²) in [6.07, 6.45) is 2.86. The zero-order valence-corrected chi connectivity index (χ0v) is 16.5. The molecule has 0 radical (unpaired) electrons. The normalized spacial score (nSPS) is 14.5. The number of hydrogen-bond acceptors (Lipinski definition) is 3. The second-order valence-electron chi connectivity index (χ2n) is 6.88. The molecule has 1 aromatic carbocycles. The van der Waals surface area contributed by atoms with Gasteiger partial charge in [-0.15, -0.1) is 0 Å². The monoisotopic (exact) mass is 417 g/mol. The van der Waals surface area contributed by atoms with Crippen molar-refractivity contribution in [3.8, 4) is 0 Å². The summed E-state index contributed by atoms with van der Waals surface area (Å²) in [7, 11) is 3.45. The van der Waals surface area contributed by atoms with Gasteiger partial charge < -0.3 is 10.1 Å². The number of esters is 1. The molecule has 0 aliphatic rings. The fourth-order valence-electron chi connectivity index (χ4n) is 2.91. The van der Waals surface area contributed by atoms with Crippen LogP contribution in [0, 0.1) is 8.99 Å². The maximum atomic E-state index is 12.4. The van der Waals surface area contributed by atoms with Gasteiger partial charge >= 0.3 is 5.97 Å². The van der Waals surface area contributed by atoms with E-state index in [1.54, 1.807) is 0 Å². The molecule has 0 aromatic heterocycles. The largest absolute Gasteiger partial charge is 0.468 e. The van der Waals surface area contributed by atoms with Crippen LogP contribution >= 0.6 is 22.6 Å². The van der Waals surface area contributed by atoms with Gasteiger partial charge in [0.2, 0.25) is 0 Å². The lowest BCUT2D eigenvalue weighted by atomic mass is 9.76. The first-order valence-electron chi connectivity index (χ1n) is 7.74. The highest BCUT2D eigenvalue weighted by Gasteiger charge is 2.36. The van der Waals surface area contributed by atoms with Gasteiger partial charge in [-0.3, -0.25) is 4.79 Å². The Hall–Kier alpha value is -0.620. The van der Waals surface area contributed by atoms with E-state index in [4.69, 9.17) is 4.74 Å². The highest BCUT2D eigenvalue weighted by atomic mass is 127. The molecule has 4 heteroatoms. The molecule has 124 valence electrons. The van der Waals surface area contributed by atoms with E-state index >= 15 is 0 Å². The van der Waals surface area contributed by atoms with E-state index in [9.17, 15) is 4.79 Å². The van der Waals surface area contributed by atoms with E-state index in [0.29, 0.717) is 0 Å². The lowest BCUT2D eigenvalue weighted by Crippen LogP contribution is -2.34. The van der Waals surface area contributed by atoms with Gasteiger partial charge in [0.25, 0.3) is 0 Å². The van der Waals surface area contributed by atoms with Crippen molar-refractivity contribution in [2.45, 2.75) is 45.4 Å².